The molecule has 2 heteroatoms. The molecule has 0 spiro atoms. The van der Waals surface area contributed by atoms with Crippen molar-refractivity contribution in [1.82, 2.24) is 5.32 Å². The van der Waals surface area contributed by atoms with Crippen LogP contribution in [-0.4, -0.2) is 5.54 Å². The van der Waals surface area contributed by atoms with Crippen LogP contribution in [0.5, 0.6) is 0 Å². The second-order valence-electron chi connectivity index (χ2n) is 7.89. The molecule has 1 aromatic rings. The summed E-state index contributed by atoms with van der Waals surface area (Å²) < 4.78 is 0. The third-order valence-electron chi connectivity index (χ3n) is 4.47. The Morgan fingerprint density at radius 1 is 1.09 bits per heavy atom. The van der Waals surface area contributed by atoms with E-state index in [1.165, 1.54) is 16.7 Å². The first-order valence-electron chi connectivity index (χ1n) is 8.30. The van der Waals surface area contributed by atoms with Crippen molar-refractivity contribution in [1.29, 1.82) is 0 Å². The lowest BCUT2D eigenvalue weighted by Crippen LogP contribution is -2.42. The molecule has 0 radical (unpaired) electrons. The van der Waals surface area contributed by atoms with Crippen LogP contribution in [0.2, 0.25) is 0 Å². The van der Waals surface area contributed by atoms with Crippen molar-refractivity contribution in [2.75, 3.05) is 5.32 Å². The molecule has 1 atom stereocenters. The number of hydrogen-bond acceptors (Lipinski definition) is 2. The molecule has 2 rings (SSSR count). The van der Waals surface area contributed by atoms with E-state index in [1.807, 2.05) is 0 Å². The zero-order chi connectivity index (χ0) is 17.3. The van der Waals surface area contributed by atoms with E-state index in [9.17, 15) is 0 Å². The molecule has 0 aliphatic heterocycles. The van der Waals surface area contributed by atoms with Crippen molar-refractivity contribution in [3.05, 3.63) is 65.5 Å². The Morgan fingerprint density at radius 2 is 1.70 bits per heavy atom. The molecule has 1 aliphatic carbocycles. The molecule has 23 heavy (non-hydrogen) atoms. The van der Waals surface area contributed by atoms with Crippen molar-refractivity contribution in [2.24, 2.45) is 0 Å². The third kappa shape index (κ3) is 4.51. The van der Waals surface area contributed by atoms with Gasteiger partial charge in [-0.15, -0.1) is 0 Å². The summed E-state index contributed by atoms with van der Waals surface area (Å²) in [6.45, 7) is 17.3. The van der Waals surface area contributed by atoms with Gasteiger partial charge in [-0.25, -0.2) is 0 Å². The largest absolute Gasteiger partial charge is 0.363 e. The summed E-state index contributed by atoms with van der Waals surface area (Å²) in [5.74, 6) is 0.827. The maximum Gasteiger partial charge on any atom is 0.0963 e. The standard InChI is InChI=1S/C21H30N2/c1-15-12-13-21(7,14-16(15)2)23-17(3)22-19-10-8-18(9-11-19)20(4,5)6/h8-12,14,22-23H,3,13H2,1-2,4-7H3. The molecule has 0 heterocycles. The fourth-order valence-electron chi connectivity index (χ4n) is 2.87. The zero-order valence-electron chi connectivity index (χ0n) is 15.4. The minimum atomic E-state index is -0.0843. The Bertz CT molecular complexity index is 641. The normalized spacial score (nSPS) is 21.3. The average molecular weight is 310 g/mol. The zero-order valence-corrected chi connectivity index (χ0v) is 15.4. The summed E-state index contributed by atoms with van der Waals surface area (Å²) >= 11 is 0. The van der Waals surface area contributed by atoms with Crippen molar-refractivity contribution in [2.45, 2.75) is 58.9 Å². The first-order valence-corrected chi connectivity index (χ1v) is 8.30. The molecule has 0 amide bonds. The van der Waals surface area contributed by atoms with E-state index in [0.717, 1.165) is 17.9 Å². The molecule has 0 aromatic heterocycles. The van der Waals surface area contributed by atoms with E-state index >= 15 is 0 Å². The quantitative estimate of drug-likeness (QED) is 0.766. The summed E-state index contributed by atoms with van der Waals surface area (Å²) in [5.41, 5.74) is 5.17. The van der Waals surface area contributed by atoms with Crippen LogP contribution in [0.25, 0.3) is 0 Å². The van der Waals surface area contributed by atoms with Gasteiger partial charge in [-0.2, -0.15) is 0 Å². The molecule has 1 aliphatic rings. The first-order chi connectivity index (χ1) is 10.6. The molecule has 124 valence electrons. The lowest BCUT2D eigenvalue weighted by atomic mass is 9.87. The predicted molar refractivity (Wildman–Crippen MR) is 102 cm³/mol. The van der Waals surface area contributed by atoms with Gasteiger partial charge in [0.25, 0.3) is 0 Å². The molecule has 2 nitrogen and oxygen atoms in total. The van der Waals surface area contributed by atoms with Gasteiger partial charge >= 0.3 is 0 Å². The highest BCUT2D eigenvalue weighted by atomic mass is 15.1. The molecule has 0 bridgehead atoms. The van der Waals surface area contributed by atoms with E-state index < -0.39 is 0 Å². The molecular weight excluding hydrogens is 280 g/mol. The maximum atomic E-state index is 4.13. The fraction of sp³-hybridized carbons (Fsp3) is 0.429. The highest BCUT2D eigenvalue weighted by Crippen LogP contribution is 2.27. The van der Waals surface area contributed by atoms with Crippen molar-refractivity contribution in [3.8, 4) is 0 Å². The van der Waals surface area contributed by atoms with Gasteiger partial charge in [0.1, 0.15) is 0 Å². The van der Waals surface area contributed by atoms with Crippen LogP contribution in [0.15, 0.2) is 60.0 Å². The van der Waals surface area contributed by atoms with E-state index in [-0.39, 0.29) is 11.0 Å². The average Bonchev–Trinajstić information content (AvgIpc) is 2.42. The van der Waals surface area contributed by atoms with Gasteiger partial charge < -0.3 is 10.6 Å². The highest BCUT2D eigenvalue weighted by molar-refractivity contribution is 5.50. The van der Waals surface area contributed by atoms with Crippen LogP contribution < -0.4 is 10.6 Å². The number of allylic oxidation sites excluding steroid dienone is 2. The summed E-state index contributed by atoms with van der Waals surface area (Å²) in [6.07, 6.45) is 5.55. The van der Waals surface area contributed by atoms with Gasteiger partial charge in [-0.3, -0.25) is 0 Å². The van der Waals surface area contributed by atoms with Crippen LogP contribution in [-0.2, 0) is 5.41 Å². The molecule has 1 aromatic carbocycles. The number of benzene rings is 1. The molecule has 1 unspecified atom stereocenters. The third-order valence-corrected chi connectivity index (χ3v) is 4.47. The minimum Gasteiger partial charge on any atom is -0.363 e. The SMILES string of the molecule is C=C(Nc1ccc(C(C)(C)C)cc1)NC1(C)C=C(C)C(C)=CC1. The Balaban J connectivity index is 2.00. The Morgan fingerprint density at radius 3 is 2.22 bits per heavy atom. The van der Waals surface area contributed by atoms with Crippen molar-refractivity contribution < 1.29 is 0 Å². The predicted octanol–water partition coefficient (Wildman–Crippen LogP) is 5.51. The van der Waals surface area contributed by atoms with Gasteiger partial charge in [0.05, 0.1) is 11.4 Å². The monoisotopic (exact) mass is 310 g/mol. The first kappa shape index (κ1) is 17.4. The lowest BCUT2D eigenvalue weighted by Gasteiger charge is -2.33. The molecule has 0 saturated heterocycles. The Labute approximate surface area is 141 Å². The Kier molecular flexibility index (Phi) is 4.74. The van der Waals surface area contributed by atoms with Crippen LogP contribution in [0.3, 0.4) is 0 Å². The summed E-state index contributed by atoms with van der Waals surface area (Å²) in [5, 5.41) is 6.88. The number of nitrogens with one attached hydrogen (secondary N) is 2. The van der Waals surface area contributed by atoms with Gasteiger partial charge in [0.2, 0.25) is 0 Å². The molecular formula is C21H30N2. The van der Waals surface area contributed by atoms with Crippen LogP contribution in [0, 0.1) is 0 Å². The summed E-state index contributed by atoms with van der Waals surface area (Å²) in [6, 6.07) is 8.58. The summed E-state index contributed by atoms with van der Waals surface area (Å²) in [7, 11) is 0. The fourth-order valence-corrected chi connectivity index (χ4v) is 2.87. The van der Waals surface area contributed by atoms with Gasteiger partial charge in [0, 0.05) is 5.69 Å². The Hall–Kier alpha value is -1.96. The van der Waals surface area contributed by atoms with Gasteiger partial charge in [0.15, 0.2) is 0 Å². The second kappa shape index (κ2) is 6.27. The van der Waals surface area contributed by atoms with Crippen molar-refractivity contribution >= 4 is 5.69 Å². The number of hydrogen-bond donors (Lipinski definition) is 2. The number of anilines is 1. The van der Waals surface area contributed by atoms with Crippen LogP contribution in [0.4, 0.5) is 5.69 Å². The van der Waals surface area contributed by atoms with Crippen molar-refractivity contribution in [3.63, 3.8) is 0 Å². The van der Waals surface area contributed by atoms with Crippen LogP contribution >= 0.6 is 0 Å². The van der Waals surface area contributed by atoms with E-state index in [4.69, 9.17) is 0 Å². The van der Waals surface area contributed by atoms with E-state index in [2.05, 4.69) is 95.2 Å². The van der Waals surface area contributed by atoms with E-state index in [0.29, 0.717) is 0 Å². The van der Waals surface area contributed by atoms with E-state index in [1.54, 1.807) is 0 Å². The van der Waals surface area contributed by atoms with Gasteiger partial charge in [-0.1, -0.05) is 62.8 Å². The smallest absolute Gasteiger partial charge is 0.0963 e. The topological polar surface area (TPSA) is 24.1 Å². The van der Waals surface area contributed by atoms with Crippen LogP contribution in [0.1, 0.15) is 53.5 Å². The maximum absolute atomic E-state index is 4.13. The molecule has 0 saturated carbocycles. The highest BCUT2D eigenvalue weighted by Gasteiger charge is 2.24. The molecule has 0 fully saturated rings. The number of rotatable bonds is 4. The lowest BCUT2D eigenvalue weighted by molar-refractivity contribution is 0.482. The van der Waals surface area contributed by atoms with Gasteiger partial charge in [-0.05, 0) is 50.3 Å². The summed E-state index contributed by atoms with van der Waals surface area (Å²) in [4.78, 5) is 0. The minimum absolute atomic E-state index is 0.0843. The molecule has 2 N–H and O–H groups in total. The second-order valence-corrected chi connectivity index (χ2v) is 7.89.